The van der Waals surface area contributed by atoms with Crippen LogP contribution in [0.25, 0.3) is 11.3 Å². The third-order valence-corrected chi connectivity index (χ3v) is 8.21. The highest BCUT2D eigenvalue weighted by Crippen LogP contribution is 2.23. The largest absolute Gasteiger partial charge is 0.453 e. The molecule has 13 heteroatoms. The van der Waals surface area contributed by atoms with Crippen molar-refractivity contribution in [3.05, 3.63) is 90.1 Å². The Balaban J connectivity index is 1.96. The van der Waals surface area contributed by atoms with Gasteiger partial charge in [0.05, 0.1) is 32.1 Å². The van der Waals surface area contributed by atoms with Gasteiger partial charge in [0.2, 0.25) is 5.91 Å². The molecule has 0 aliphatic heterocycles. The number of nitrogens with one attached hydrogen (secondary N) is 4. The standard InChI is InChI=1S/C38H52N6O7/c1-37(2,3)31(41-35(48)50-7)33(46)40-29(22-25-14-10-9-11-15-25)30(45)24-44(43-34(47)32(38(4,5)6)42-36(49)51-8)23-26-17-19-27(20-18-26)28-16-12-13-21-39-28/h9-21,29-32,45H,22-24H2,1-8H3,(H,40,46)(H,41,48)(H,42,49)(H,43,47)/t29-,30?,31+,32+/m1/s1. The fourth-order valence-electron chi connectivity index (χ4n) is 5.38. The molecule has 0 fully saturated rings. The summed E-state index contributed by atoms with van der Waals surface area (Å²) in [4.78, 5) is 56.3. The molecule has 1 heterocycles. The molecule has 0 aliphatic carbocycles. The Morgan fingerprint density at radius 1 is 0.725 bits per heavy atom. The zero-order valence-electron chi connectivity index (χ0n) is 30.7. The minimum absolute atomic E-state index is 0.120. The summed E-state index contributed by atoms with van der Waals surface area (Å²) < 4.78 is 9.54. The van der Waals surface area contributed by atoms with Gasteiger partial charge < -0.3 is 30.5 Å². The highest BCUT2D eigenvalue weighted by Gasteiger charge is 2.37. The second kappa shape index (κ2) is 18.3. The molecule has 276 valence electrons. The van der Waals surface area contributed by atoms with Crippen LogP contribution in [0.1, 0.15) is 52.7 Å². The number of benzene rings is 2. The van der Waals surface area contributed by atoms with E-state index in [-0.39, 0.29) is 19.5 Å². The number of aliphatic hydroxyl groups is 1. The monoisotopic (exact) mass is 704 g/mol. The number of rotatable bonds is 14. The number of hydrogen-bond donors (Lipinski definition) is 5. The molecule has 1 aromatic heterocycles. The van der Waals surface area contributed by atoms with E-state index >= 15 is 0 Å². The number of aliphatic hydroxyl groups excluding tert-OH is 1. The van der Waals surface area contributed by atoms with E-state index in [9.17, 15) is 24.3 Å². The lowest BCUT2D eigenvalue weighted by atomic mass is 9.85. The highest BCUT2D eigenvalue weighted by molar-refractivity contribution is 5.87. The van der Waals surface area contributed by atoms with Crippen molar-refractivity contribution in [1.29, 1.82) is 0 Å². The molecule has 3 rings (SSSR count). The molecule has 0 aliphatic rings. The van der Waals surface area contributed by atoms with Crippen LogP contribution >= 0.6 is 0 Å². The Morgan fingerprint density at radius 2 is 1.27 bits per heavy atom. The van der Waals surface area contributed by atoms with Crippen molar-refractivity contribution in [2.45, 2.75) is 78.7 Å². The fourth-order valence-corrected chi connectivity index (χ4v) is 5.38. The first-order chi connectivity index (χ1) is 24.0. The third-order valence-electron chi connectivity index (χ3n) is 8.21. The summed E-state index contributed by atoms with van der Waals surface area (Å²) in [5.41, 5.74) is 4.88. The van der Waals surface area contributed by atoms with Gasteiger partial charge in [-0.1, -0.05) is 102 Å². The molecule has 0 spiro atoms. The molecule has 13 nitrogen and oxygen atoms in total. The van der Waals surface area contributed by atoms with Gasteiger partial charge in [-0.15, -0.1) is 0 Å². The van der Waals surface area contributed by atoms with Crippen LogP contribution in [0.2, 0.25) is 0 Å². The smallest absolute Gasteiger partial charge is 0.407 e. The number of pyridine rings is 1. The van der Waals surface area contributed by atoms with Crippen LogP contribution in [-0.2, 0) is 32.0 Å². The molecule has 4 atom stereocenters. The molecule has 0 saturated heterocycles. The van der Waals surface area contributed by atoms with Crippen molar-refractivity contribution in [3.8, 4) is 11.3 Å². The molecule has 0 bridgehead atoms. The number of carbonyl (C=O) groups is 4. The Labute approximate surface area is 300 Å². The number of carbonyl (C=O) groups excluding carboxylic acids is 4. The van der Waals surface area contributed by atoms with Crippen LogP contribution in [0.4, 0.5) is 9.59 Å². The summed E-state index contributed by atoms with van der Waals surface area (Å²) >= 11 is 0. The van der Waals surface area contributed by atoms with Crippen molar-refractivity contribution in [3.63, 3.8) is 0 Å². The summed E-state index contributed by atoms with van der Waals surface area (Å²) in [6.45, 7) is 10.9. The quantitative estimate of drug-likeness (QED) is 0.154. The lowest BCUT2D eigenvalue weighted by Gasteiger charge is -2.35. The van der Waals surface area contributed by atoms with E-state index in [0.717, 1.165) is 22.4 Å². The van der Waals surface area contributed by atoms with E-state index < -0.39 is 59.1 Å². The Morgan fingerprint density at radius 3 is 1.78 bits per heavy atom. The number of alkyl carbamates (subject to hydrolysis) is 2. The van der Waals surface area contributed by atoms with Crippen LogP contribution < -0.4 is 21.4 Å². The SMILES string of the molecule is COC(=O)N[C@@H](C(=O)N[C@H](Cc1ccccc1)C(O)CN(Cc1ccc(-c2ccccn2)cc1)NC(=O)[C@H](NC(=O)OC)C(C)(C)C)C(C)(C)C. The number of methoxy groups -OCH3 is 2. The van der Waals surface area contributed by atoms with E-state index in [0.29, 0.717) is 0 Å². The van der Waals surface area contributed by atoms with Gasteiger partial charge in [-0.05, 0) is 40.5 Å². The summed E-state index contributed by atoms with van der Waals surface area (Å²) in [5, 5.41) is 21.6. The van der Waals surface area contributed by atoms with E-state index in [1.165, 1.54) is 14.2 Å². The average Bonchev–Trinajstić information content (AvgIpc) is 3.08. The van der Waals surface area contributed by atoms with Gasteiger partial charge in [0.15, 0.2) is 0 Å². The predicted molar refractivity (Wildman–Crippen MR) is 194 cm³/mol. The Bertz CT molecular complexity index is 1570. The normalized spacial score (nSPS) is 14.0. The molecule has 2 aromatic carbocycles. The first-order valence-corrected chi connectivity index (χ1v) is 16.8. The Hall–Kier alpha value is -5.01. The highest BCUT2D eigenvalue weighted by atomic mass is 16.5. The van der Waals surface area contributed by atoms with Crippen LogP contribution in [0, 0.1) is 10.8 Å². The number of amides is 4. The summed E-state index contributed by atoms with van der Waals surface area (Å²) in [7, 11) is 2.44. The first kappa shape index (κ1) is 40.4. The number of hydrogen-bond acceptors (Lipinski definition) is 9. The van der Waals surface area contributed by atoms with Gasteiger partial charge in [-0.25, -0.2) is 14.6 Å². The zero-order chi connectivity index (χ0) is 37.8. The number of nitrogens with zero attached hydrogens (tertiary/aromatic N) is 2. The topological polar surface area (TPSA) is 171 Å². The lowest BCUT2D eigenvalue weighted by Crippen LogP contribution is -2.60. The van der Waals surface area contributed by atoms with Crippen molar-refractivity contribution in [2.24, 2.45) is 10.8 Å². The van der Waals surface area contributed by atoms with Crippen molar-refractivity contribution < 1.29 is 33.8 Å². The average molecular weight is 705 g/mol. The number of aromatic nitrogens is 1. The second-order valence-corrected chi connectivity index (χ2v) is 14.5. The first-order valence-electron chi connectivity index (χ1n) is 16.8. The van der Waals surface area contributed by atoms with Gasteiger partial charge in [0.1, 0.15) is 12.1 Å². The minimum Gasteiger partial charge on any atom is -0.453 e. The van der Waals surface area contributed by atoms with Crippen molar-refractivity contribution >= 4 is 24.0 Å². The van der Waals surface area contributed by atoms with Crippen LogP contribution in [0.5, 0.6) is 0 Å². The summed E-state index contributed by atoms with van der Waals surface area (Å²) in [6, 6.07) is 19.8. The summed E-state index contributed by atoms with van der Waals surface area (Å²) in [6.07, 6.45) is -0.778. The van der Waals surface area contributed by atoms with Crippen molar-refractivity contribution in [2.75, 3.05) is 20.8 Å². The molecule has 5 N–H and O–H groups in total. The molecular weight excluding hydrogens is 652 g/mol. The molecule has 3 aromatic rings. The van der Waals surface area contributed by atoms with Crippen LogP contribution in [0.15, 0.2) is 79.0 Å². The van der Waals surface area contributed by atoms with Gasteiger partial charge in [0, 0.05) is 24.8 Å². The maximum Gasteiger partial charge on any atom is 0.407 e. The second-order valence-electron chi connectivity index (χ2n) is 14.5. The summed E-state index contributed by atoms with van der Waals surface area (Å²) in [5.74, 6) is -1.03. The zero-order valence-corrected chi connectivity index (χ0v) is 30.7. The molecular formula is C38H52N6O7. The third kappa shape index (κ3) is 12.7. The number of ether oxygens (including phenoxy) is 2. The molecule has 4 amide bonds. The van der Waals surface area contributed by atoms with Crippen molar-refractivity contribution in [1.82, 2.24) is 31.4 Å². The van der Waals surface area contributed by atoms with Gasteiger partial charge in [-0.3, -0.25) is 20.0 Å². The maximum absolute atomic E-state index is 13.8. The van der Waals surface area contributed by atoms with E-state index in [1.807, 2.05) is 93.6 Å². The molecule has 1 unspecified atom stereocenters. The predicted octanol–water partition coefficient (Wildman–Crippen LogP) is 4.21. The van der Waals surface area contributed by atoms with Crippen LogP contribution in [-0.4, -0.2) is 84.1 Å². The lowest BCUT2D eigenvalue weighted by molar-refractivity contribution is -0.132. The van der Waals surface area contributed by atoms with Gasteiger partial charge in [-0.2, -0.15) is 0 Å². The van der Waals surface area contributed by atoms with Gasteiger partial charge >= 0.3 is 12.2 Å². The minimum atomic E-state index is -1.22. The Kier molecular flexibility index (Phi) is 14.5. The van der Waals surface area contributed by atoms with Crippen LogP contribution in [0.3, 0.4) is 0 Å². The maximum atomic E-state index is 13.8. The fraction of sp³-hybridized carbons (Fsp3) is 0.447. The molecule has 0 radical (unpaired) electrons. The van der Waals surface area contributed by atoms with E-state index in [2.05, 4.69) is 26.4 Å². The van der Waals surface area contributed by atoms with E-state index in [1.54, 1.807) is 32.0 Å². The molecule has 51 heavy (non-hydrogen) atoms. The van der Waals surface area contributed by atoms with E-state index in [4.69, 9.17) is 9.47 Å². The number of hydrazine groups is 1. The van der Waals surface area contributed by atoms with Gasteiger partial charge in [0.25, 0.3) is 5.91 Å². The molecule has 0 saturated carbocycles.